The topological polar surface area (TPSA) is 29.5 Å². The van der Waals surface area contributed by atoms with Crippen LogP contribution in [0.15, 0.2) is 36.4 Å². The number of hydrogen-bond acceptors (Lipinski definition) is 2. The molecule has 0 aliphatic carbocycles. The minimum atomic E-state index is -0.361. The van der Waals surface area contributed by atoms with Gasteiger partial charge in [-0.2, -0.15) is 0 Å². The molecule has 2 nitrogen and oxygen atoms in total. The first-order valence-electron chi connectivity index (χ1n) is 6.04. The number of hydrogen-bond donors (Lipinski definition) is 1. The molecule has 90 valence electrons. The molecular formula is C15H18O2. The molecule has 0 aliphatic heterocycles. The summed E-state index contributed by atoms with van der Waals surface area (Å²) < 4.78 is 5.63. The average Bonchev–Trinajstić information content (AvgIpc) is 2.32. The van der Waals surface area contributed by atoms with E-state index in [0.717, 1.165) is 11.3 Å². The second kappa shape index (κ2) is 5.19. The number of aliphatic hydroxyl groups is 1. The van der Waals surface area contributed by atoms with Gasteiger partial charge in [-0.1, -0.05) is 30.3 Å². The summed E-state index contributed by atoms with van der Waals surface area (Å²) in [6, 6.07) is 12.3. The van der Waals surface area contributed by atoms with Crippen molar-refractivity contribution in [1.29, 1.82) is 0 Å². The maximum atomic E-state index is 9.60. The fourth-order valence-electron chi connectivity index (χ4n) is 2.11. The lowest BCUT2D eigenvalue weighted by molar-refractivity contribution is 0.194. The Balaban J connectivity index is 2.57. The standard InChI is InChI=1S/C15H18O2/c1-3-17-15-9-8-12-6-4-5-7-13(12)14(15)10-11(2)16/h4-9,11,16H,3,10H2,1-2H3. The predicted molar refractivity (Wildman–Crippen MR) is 70.5 cm³/mol. The molecule has 2 heteroatoms. The van der Waals surface area contributed by atoms with E-state index < -0.39 is 0 Å². The van der Waals surface area contributed by atoms with E-state index in [9.17, 15) is 5.11 Å². The number of benzene rings is 2. The summed E-state index contributed by atoms with van der Waals surface area (Å²) in [5, 5.41) is 12.0. The molecule has 0 radical (unpaired) electrons. The summed E-state index contributed by atoms with van der Waals surface area (Å²) in [6.07, 6.45) is 0.261. The van der Waals surface area contributed by atoms with Crippen molar-refractivity contribution in [2.45, 2.75) is 26.4 Å². The maximum Gasteiger partial charge on any atom is 0.123 e. The third kappa shape index (κ3) is 2.59. The van der Waals surface area contributed by atoms with Crippen LogP contribution in [0.25, 0.3) is 10.8 Å². The van der Waals surface area contributed by atoms with Crippen molar-refractivity contribution in [2.75, 3.05) is 6.61 Å². The fourth-order valence-corrected chi connectivity index (χ4v) is 2.11. The van der Waals surface area contributed by atoms with Crippen molar-refractivity contribution in [3.8, 4) is 5.75 Å². The van der Waals surface area contributed by atoms with Gasteiger partial charge in [0.15, 0.2) is 0 Å². The molecule has 2 aromatic rings. The molecule has 1 N–H and O–H groups in total. The van der Waals surface area contributed by atoms with Gasteiger partial charge in [-0.3, -0.25) is 0 Å². The Hall–Kier alpha value is -1.54. The van der Waals surface area contributed by atoms with Crippen LogP contribution in [0, 0.1) is 0 Å². The van der Waals surface area contributed by atoms with E-state index in [4.69, 9.17) is 4.74 Å². The molecule has 0 bridgehead atoms. The van der Waals surface area contributed by atoms with Crippen molar-refractivity contribution in [3.05, 3.63) is 42.0 Å². The van der Waals surface area contributed by atoms with Crippen molar-refractivity contribution >= 4 is 10.8 Å². The van der Waals surface area contributed by atoms with E-state index in [2.05, 4.69) is 18.2 Å². The van der Waals surface area contributed by atoms with Crippen LogP contribution in [0.4, 0.5) is 0 Å². The van der Waals surface area contributed by atoms with Gasteiger partial charge < -0.3 is 9.84 Å². The zero-order chi connectivity index (χ0) is 12.3. The molecule has 0 saturated heterocycles. The minimum absolute atomic E-state index is 0.361. The summed E-state index contributed by atoms with van der Waals surface area (Å²) in [5.41, 5.74) is 1.10. The molecule has 1 unspecified atom stereocenters. The van der Waals surface area contributed by atoms with Gasteiger partial charge in [-0.15, -0.1) is 0 Å². The van der Waals surface area contributed by atoms with Crippen LogP contribution in [0.1, 0.15) is 19.4 Å². The summed E-state index contributed by atoms with van der Waals surface area (Å²) >= 11 is 0. The molecule has 0 aliphatic rings. The lowest BCUT2D eigenvalue weighted by atomic mass is 9.99. The summed E-state index contributed by atoms with van der Waals surface area (Å²) in [5.74, 6) is 0.882. The van der Waals surface area contributed by atoms with E-state index in [1.54, 1.807) is 6.92 Å². The van der Waals surface area contributed by atoms with Crippen LogP contribution < -0.4 is 4.74 Å². The third-order valence-corrected chi connectivity index (χ3v) is 2.80. The summed E-state index contributed by atoms with van der Waals surface area (Å²) in [6.45, 7) is 4.42. The van der Waals surface area contributed by atoms with E-state index in [1.807, 2.05) is 25.1 Å². The lowest BCUT2D eigenvalue weighted by Crippen LogP contribution is -2.07. The highest BCUT2D eigenvalue weighted by atomic mass is 16.5. The van der Waals surface area contributed by atoms with Gasteiger partial charge in [0.2, 0.25) is 0 Å². The van der Waals surface area contributed by atoms with Gasteiger partial charge in [0.1, 0.15) is 5.75 Å². The van der Waals surface area contributed by atoms with Gasteiger partial charge >= 0.3 is 0 Å². The van der Waals surface area contributed by atoms with Gasteiger partial charge in [0.25, 0.3) is 0 Å². The Morgan fingerprint density at radius 2 is 1.94 bits per heavy atom. The van der Waals surface area contributed by atoms with Gasteiger partial charge in [-0.25, -0.2) is 0 Å². The number of ether oxygens (including phenoxy) is 1. The largest absolute Gasteiger partial charge is 0.494 e. The van der Waals surface area contributed by atoms with Gasteiger partial charge in [0, 0.05) is 12.0 Å². The zero-order valence-electron chi connectivity index (χ0n) is 10.3. The number of rotatable bonds is 4. The highest BCUT2D eigenvalue weighted by Gasteiger charge is 2.10. The lowest BCUT2D eigenvalue weighted by Gasteiger charge is -2.14. The monoisotopic (exact) mass is 230 g/mol. The van der Waals surface area contributed by atoms with E-state index in [0.29, 0.717) is 13.0 Å². The van der Waals surface area contributed by atoms with Crippen LogP contribution in [0.3, 0.4) is 0 Å². The molecular weight excluding hydrogens is 212 g/mol. The second-order valence-corrected chi connectivity index (χ2v) is 4.25. The summed E-state index contributed by atoms with van der Waals surface area (Å²) in [4.78, 5) is 0. The average molecular weight is 230 g/mol. The normalized spacial score (nSPS) is 12.6. The minimum Gasteiger partial charge on any atom is -0.494 e. The first kappa shape index (κ1) is 11.9. The number of aliphatic hydroxyl groups excluding tert-OH is 1. The Kier molecular flexibility index (Phi) is 3.64. The van der Waals surface area contributed by atoms with Gasteiger partial charge in [-0.05, 0) is 30.7 Å². The van der Waals surface area contributed by atoms with Gasteiger partial charge in [0.05, 0.1) is 12.7 Å². The van der Waals surface area contributed by atoms with Crippen molar-refractivity contribution in [3.63, 3.8) is 0 Å². The van der Waals surface area contributed by atoms with Crippen LogP contribution in [-0.4, -0.2) is 17.8 Å². The Morgan fingerprint density at radius 1 is 1.18 bits per heavy atom. The second-order valence-electron chi connectivity index (χ2n) is 4.25. The molecule has 0 heterocycles. The first-order chi connectivity index (χ1) is 8.22. The molecule has 2 rings (SSSR count). The van der Waals surface area contributed by atoms with Crippen LogP contribution in [0.5, 0.6) is 5.75 Å². The molecule has 0 spiro atoms. The Bertz CT molecular complexity index is 503. The van der Waals surface area contributed by atoms with E-state index in [-0.39, 0.29) is 6.10 Å². The molecule has 0 amide bonds. The Labute approximate surface area is 102 Å². The van der Waals surface area contributed by atoms with Crippen LogP contribution in [0.2, 0.25) is 0 Å². The van der Waals surface area contributed by atoms with Crippen LogP contribution >= 0.6 is 0 Å². The fraction of sp³-hybridized carbons (Fsp3) is 0.333. The predicted octanol–water partition coefficient (Wildman–Crippen LogP) is 3.16. The molecule has 0 fully saturated rings. The van der Waals surface area contributed by atoms with Crippen molar-refractivity contribution < 1.29 is 9.84 Å². The summed E-state index contributed by atoms with van der Waals surface area (Å²) in [7, 11) is 0. The quantitative estimate of drug-likeness (QED) is 0.874. The molecule has 0 saturated carbocycles. The highest BCUT2D eigenvalue weighted by molar-refractivity contribution is 5.87. The highest BCUT2D eigenvalue weighted by Crippen LogP contribution is 2.29. The molecule has 0 aromatic heterocycles. The first-order valence-corrected chi connectivity index (χ1v) is 6.04. The van der Waals surface area contributed by atoms with E-state index in [1.165, 1.54) is 10.8 Å². The van der Waals surface area contributed by atoms with Crippen molar-refractivity contribution in [1.82, 2.24) is 0 Å². The van der Waals surface area contributed by atoms with Crippen molar-refractivity contribution in [2.24, 2.45) is 0 Å². The maximum absolute atomic E-state index is 9.60. The zero-order valence-corrected chi connectivity index (χ0v) is 10.3. The van der Waals surface area contributed by atoms with E-state index >= 15 is 0 Å². The molecule has 17 heavy (non-hydrogen) atoms. The number of fused-ring (bicyclic) bond motifs is 1. The SMILES string of the molecule is CCOc1ccc2ccccc2c1CC(C)O. The van der Waals surface area contributed by atoms with Crippen LogP contribution in [-0.2, 0) is 6.42 Å². The smallest absolute Gasteiger partial charge is 0.123 e. The Morgan fingerprint density at radius 3 is 2.65 bits per heavy atom. The molecule has 2 aromatic carbocycles. The molecule has 1 atom stereocenters. The third-order valence-electron chi connectivity index (χ3n) is 2.80.